The van der Waals surface area contributed by atoms with E-state index in [2.05, 4.69) is 40.8 Å². The van der Waals surface area contributed by atoms with Crippen molar-refractivity contribution in [2.75, 3.05) is 0 Å². The molecule has 0 amide bonds. The van der Waals surface area contributed by atoms with E-state index in [1.54, 1.807) is 3.28 Å². The van der Waals surface area contributed by atoms with Crippen molar-refractivity contribution in [1.29, 1.82) is 0 Å². The average molecular weight is 607 g/mol. The van der Waals surface area contributed by atoms with Crippen molar-refractivity contribution in [1.82, 2.24) is 0 Å². The Morgan fingerprint density at radius 2 is 1.41 bits per heavy atom. The van der Waals surface area contributed by atoms with Crippen LogP contribution in [0.3, 0.4) is 0 Å². The maximum absolute atomic E-state index is 14.8. The molecule has 2 aromatic rings. The largest absolute Gasteiger partial charge is 0.147 e. The molecule has 34 heavy (non-hydrogen) atoms. The van der Waals surface area contributed by atoms with Gasteiger partial charge in [-0.1, -0.05) is 0 Å². The van der Waals surface area contributed by atoms with E-state index in [0.29, 0.717) is 11.5 Å². The van der Waals surface area contributed by atoms with Gasteiger partial charge in [-0.25, -0.2) is 0 Å². The molecule has 0 heterocycles. The van der Waals surface area contributed by atoms with Crippen LogP contribution in [0.25, 0.3) is 5.57 Å². The summed E-state index contributed by atoms with van der Waals surface area (Å²) in [6, 6.07) is 7.86. The second-order valence-corrected chi connectivity index (χ2v) is 26.4. The number of rotatable bonds is 3. The van der Waals surface area contributed by atoms with Gasteiger partial charge in [0.2, 0.25) is 0 Å². The maximum atomic E-state index is 14.8. The zero-order valence-electron chi connectivity index (χ0n) is 19.9. The monoisotopic (exact) mass is 604 g/mol. The van der Waals surface area contributed by atoms with Crippen LogP contribution in [0.5, 0.6) is 0 Å². The van der Waals surface area contributed by atoms with Crippen molar-refractivity contribution in [3.63, 3.8) is 0 Å². The summed E-state index contributed by atoms with van der Waals surface area (Å²) in [7, 11) is 0. The standard InChI is InChI=1S/C15H7F4.C9H13.C2H6Si.2ClH.Zr/c16-11-7-12(17)15(19)13(14(11)18)10-6-5-8-3-1-2-4-9(8)10;1-6-5-7(2)9(4)8(6)3;1-3-2;;;/h1-7H;6H,1-4H3;1-2H3;2*1H;. The molecule has 0 saturated carbocycles. The topological polar surface area (TPSA) is 0 Å². The summed E-state index contributed by atoms with van der Waals surface area (Å²) in [6.07, 6.45) is 1.92. The van der Waals surface area contributed by atoms with Crippen LogP contribution in [0, 0.1) is 29.2 Å². The summed E-state index contributed by atoms with van der Waals surface area (Å²) < 4.78 is 59.4. The van der Waals surface area contributed by atoms with Crippen LogP contribution in [0.4, 0.5) is 17.6 Å². The van der Waals surface area contributed by atoms with Gasteiger partial charge in [-0.15, -0.1) is 24.8 Å². The molecule has 4 rings (SSSR count). The zero-order chi connectivity index (χ0) is 23.5. The fraction of sp³-hybridized carbons (Fsp3) is 0.308. The van der Waals surface area contributed by atoms with Crippen molar-refractivity contribution in [2.45, 2.75) is 44.4 Å². The third kappa shape index (κ3) is 4.61. The average Bonchev–Trinajstić information content (AvgIpc) is 3.20. The molecule has 182 valence electrons. The molecule has 0 bridgehead atoms. The van der Waals surface area contributed by atoms with E-state index < -0.39 is 54.6 Å². The molecule has 2 aliphatic carbocycles. The third-order valence-corrected chi connectivity index (χ3v) is 25.7. The predicted molar refractivity (Wildman–Crippen MR) is 135 cm³/mol. The molecule has 2 unspecified atom stereocenters. The van der Waals surface area contributed by atoms with Gasteiger partial charge in [0, 0.05) is 0 Å². The molecule has 0 aromatic heterocycles. The SMILES string of the molecule is CC1=C(C)C(C)[C]([Zr]([CH]2C=C(c3c(F)c(F)cc(F)c3F)c3ccccc32)=[Si](C)C)=C1C.Cl.Cl. The number of hydrogen-bond acceptors (Lipinski definition) is 0. The van der Waals surface area contributed by atoms with E-state index in [1.807, 2.05) is 30.3 Å². The molecule has 0 aliphatic heterocycles. The third-order valence-electron chi connectivity index (χ3n) is 7.08. The van der Waals surface area contributed by atoms with Crippen LogP contribution in [-0.2, 0) is 20.4 Å². The molecule has 0 N–H and O–H groups in total. The first-order chi connectivity index (χ1) is 15.1. The van der Waals surface area contributed by atoms with Gasteiger partial charge in [-0.2, -0.15) is 0 Å². The Labute approximate surface area is 219 Å². The Morgan fingerprint density at radius 1 is 0.853 bits per heavy atom. The molecule has 2 atom stereocenters. The molecule has 2 aliphatic rings. The first-order valence-corrected chi connectivity index (χ1v) is 19.6. The first kappa shape index (κ1) is 29.3. The van der Waals surface area contributed by atoms with Gasteiger partial charge >= 0.3 is 196 Å². The Hall–Kier alpha value is -0.940. The van der Waals surface area contributed by atoms with Crippen molar-refractivity contribution < 1.29 is 37.9 Å². The zero-order valence-corrected chi connectivity index (χ0v) is 25.0. The van der Waals surface area contributed by atoms with Gasteiger partial charge < -0.3 is 0 Å². The minimum atomic E-state index is -2.38. The number of fused-ring (bicyclic) bond motifs is 1. The summed E-state index contributed by atoms with van der Waals surface area (Å²) in [5.41, 5.74) is 4.86. The number of hydrogen-bond donors (Lipinski definition) is 0. The van der Waals surface area contributed by atoms with E-state index in [9.17, 15) is 17.6 Å². The summed E-state index contributed by atoms with van der Waals surface area (Å²) in [5.74, 6) is -5.00. The molecular formula is C26H28Cl2F4SiZr. The summed E-state index contributed by atoms with van der Waals surface area (Å²) in [5, 5.41) is 0. The fourth-order valence-electron chi connectivity index (χ4n) is 5.17. The fourth-order valence-corrected chi connectivity index (χ4v) is 24.9. The van der Waals surface area contributed by atoms with Crippen LogP contribution in [-0.4, -0.2) is 5.43 Å². The molecule has 0 spiro atoms. The van der Waals surface area contributed by atoms with Crippen LogP contribution >= 0.6 is 24.8 Å². The van der Waals surface area contributed by atoms with E-state index in [1.165, 1.54) is 16.7 Å². The van der Waals surface area contributed by atoms with Gasteiger partial charge in [0.15, 0.2) is 0 Å². The Kier molecular flexibility index (Phi) is 9.46. The van der Waals surface area contributed by atoms with E-state index in [-0.39, 0.29) is 40.1 Å². The second kappa shape index (κ2) is 11.0. The second-order valence-electron chi connectivity index (χ2n) is 8.97. The van der Waals surface area contributed by atoms with Crippen molar-refractivity contribution >= 4 is 35.8 Å². The molecule has 8 heteroatoms. The number of benzene rings is 2. The summed E-state index contributed by atoms with van der Waals surface area (Å²) in [4.78, 5) is 0. The van der Waals surface area contributed by atoms with Crippen molar-refractivity contribution in [3.05, 3.63) is 96.4 Å². The molecule has 0 fully saturated rings. The predicted octanol–water partition coefficient (Wildman–Crippen LogP) is 8.70. The van der Waals surface area contributed by atoms with Gasteiger partial charge in [0.1, 0.15) is 0 Å². The molecule has 0 saturated heterocycles. The normalized spacial score (nSPS) is 18.9. The Bertz CT molecular complexity index is 1260. The van der Waals surface area contributed by atoms with Gasteiger partial charge in [0.25, 0.3) is 0 Å². The molecule has 0 nitrogen and oxygen atoms in total. The maximum Gasteiger partial charge on any atom is -0.147 e. The molecule has 0 radical (unpaired) electrons. The van der Waals surface area contributed by atoms with Crippen LogP contribution in [0.2, 0.25) is 13.1 Å². The smallest absolute Gasteiger partial charge is 0.147 e. The summed E-state index contributed by atoms with van der Waals surface area (Å²) in [6.45, 7) is 13.5. The molecule has 2 aromatic carbocycles. The quantitative estimate of drug-likeness (QED) is 0.186. The van der Waals surface area contributed by atoms with Gasteiger partial charge in [0.05, 0.1) is 0 Å². The van der Waals surface area contributed by atoms with Crippen molar-refractivity contribution in [3.8, 4) is 0 Å². The van der Waals surface area contributed by atoms with E-state index in [0.717, 1.165) is 5.56 Å². The van der Waals surface area contributed by atoms with Crippen LogP contribution < -0.4 is 0 Å². The van der Waals surface area contributed by atoms with E-state index >= 15 is 0 Å². The van der Waals surface area contributed by atoms with Crippen molar-refractivity contribution in [2.24, 2.45) is 5.92 Å². The number of halogens is 6. The minimum absolute atomic E-state index is 0. The Balaban J connectivity index is 0.00000204. The summed E-state index contributed by atoms with van der Waals surface area (Å²) >= 11 is -2.38. The molecular weight excluding hydrogens is 578 g/mol. The van der Waals surface area contributed by atoms with Gasteiger partial charge in [-0.05, 0) is 0 Å². The van der Waals surface area contributed by atoms with E-state index in [4.69, 9.17) is 0 Å². The van der Waals surface area contributed by atoms with Crippen LogP contribution in [0.15, 0.2) is 56.4 Å². The number of allylic oxidation sites excluding steroid dienone is 5. The first-order valence-electron chi connectivity index (χ1n) is 10.8. The Morgan fingerprint density at radius 3 is 1.91 bits per heavy atom. The van der Waals surface area contributed by atoms with Gasteiger partial charge in [-0.3, -0.25) is 0 Å². The van der Waals surface area contributed by atoms with Crippen LogP contribution in [0.1, 0.15) is 48.0 Å². The minimum Gasteiger partial charge on any atom is -0.147 e.